The first-order valence-electron chi connectivity index (χ1n) is 8.09. The van der Waals surface area contributed by atoms with Gasteiger partial charge in [-0.15, -0.1) is 0 Å². The van der Waals surface area contributed by atoms with Crippen LogP contribution in [0.4, 0.5) is 10.1 Å². The van der Waals surface area contributed by atoms with Crippen LogP contribution in [0.25, 0.3) is 0 Å². The number of carbonyl (C=O) groups is 2. The standard InChI is InChI=1S/C20H20FNO3/c1-19(2,3)13-6-4-12(5-7-13)17(23)11-20(25)15-10-14(21)8-9-16(15)22-18(20)24/h4-10,25H,11H2,1-3H3,(H,22,24)/t20-/m0/s1. The molecule has 1 atom stereocenters. The van der Waals surface area contributed by atoms with Crippen LogP contribution in [0.15, 0.2) is 42.5 Å². The number of carbonyl (C=O) groups excluding carboxylic acids is 2. The molecule has 0 saturated carbocycles. The molecule has 2 aromatic carbocycles. The monoisotopic (exact) mass is 341 g/mol. The number of aliphatic hydroxyl groups is 1. The summed E-state index contributed by atoms with van der Waals surface area (Å²) in [4.78, 5) is 24.8. The smallest absolute Gasteiger partial charge is 0.261 e. The molecular weight excluding hydrogens is 321 g/mol. The van der Waals surface area contributed by atoms with Crippen molar-refractivity contribution in [1.82, 2.24) is 0 Å². The molecule has 1 heterocycles. The van der Waals surface area contributed by atoms with Gasteiger partial charge in [0.25, 0.3) is 5.91 Å². The molecule has 3 rings (SSSR count). The van der Waals surface area contributed by atoms with Crippen LogP contribution in [-0.2, 0) is 15.8 Å². The van der Waals surface area contributed by atoms with Crippen LogP contribution >= 0.6 is 0 Å². The lowest BCUT2D eigenvalue weighted by atomic mass is 9.85. The molecule has 25 heavy (non-hydrogen) atoms. The first-order valence-corrected chi connectivity index (χ1v) is 8.09. The molecule has 0 spiro atoms. The highest BCUT2D eigenvalue weighted by Gasteiger charge is 2.47. The van der Waals surface area contributed by atoms with E-state index in [1.165, 1.54) is 12.1 Å². The van der Waals surface area contributed by atoms with Crippen LogP contribution in [0.1, 0.15) is 48.7 Å². The quantitative estimate of drug-likeness (QED) is 0.839. The topological polar surface area (TPSA) is 66.4 Å². The van der Waals surface area contributed by atoms with Gasteiger partial charge in [0.2, 0.25) is 0 Å². The molecule has 0 fully saturated rings. The summed E-state index contributed by atoms with van der Waals surface area (Å²) in [5.41, 5.74) is -0.200. The molecule has 0 aliphatic carbocycles. The Hall–Kier alpha value is -2.53. The maximum Gasteiger partial charge on any atom is 0.261 e. The number of nitrogens with one attached hydrogen (secondary N) is 1. The SMILES string of the molecule is CC(C)(C)c1ccc(C(=O)C[C@@]2(O)C(=O)Nc3ccc(F)cc32)cc1. The number of hydrogen-bond donors (Lipinski definition) is 2. The van der Waals surface area contributed by atoms with E-state index in [9.17, 15) is 19.1 Å². The van der Waals surface area contributed by atoms with Gasteiger partial charge in [0.1, 0.15) is 5.82 Å². The Morgan fingerprint density at radius 3 is 2.40 bits per heavy atom. The molecule has 0 radical (unpaired) electrons. The second kappa shape index (κ2) is 5.77. The van der Waals surface area contributed by atoms with E-state index in [0.29, 0.717) is 11.3 Å². The number of ketones is 1. The van der Waals surface area contributed by atoms with Crippen molar-refractivity contribution in [2.75, 3.05) is 5.32 Å². The molecular formula is C20H20FNO3. The molecule has 2 aromatic rings. The largest absolute Gasteiger partial charge is 0.375 e. The number of rotatable bonds is 3. The normalized spacial score (nSPS) is 19.5. The zero-order chi connectivity index (χ0) is 18.4. The van der Waals surface area contributed by atoms with Gasteiger partial charge in [0, 0.05) is 16.8 Å². The minimum Gasteiger partial charge on any atom is -0.375 e. The van der Waals surface area contributed by atoms with E-state index >= 15 is 0 Å². The van der Waals surface area contributed by atoms with Gasteiger partial charge < -0.3 is 10.4 Å². The van der Waals surface area contributed by atoms with Crippen LogP contribution in [0.5, 0.6) is 0 Å². The number of fused-ring (bicyclic) bond motifs is 1. The number of benzene rings is 2. The second-order valence-electron chi connectivity index (χ2n) is 7.43. The van der Waals surface area contributed by atoms with E-state index in [0.717, 1.165) is 11.6 Å². The third-order valence-electron chi connectivity index (χ3n) is 4.54. The molecule has 5 heteroatoms. The summed E-state index contributed by atoms with van der Waals surface area (Å²) in [6.07, 6.45) is -0.440. The summed E-state index contributed by atoms with van der Waals surface area (Å²) in [6, 6.07) is 10.8. The number of amides is 1. The lowest BCUT2D eigenvalue weighted by molar-refractivity contribution is -0.133. The van der Waals surface area contributed by atoms with Crippen LogP contribution in [-0.4, -0.2) is 16.8 Å². The van der Waals surface area contributed by atoms with Crippen LogP contribution in [0.3, 0.4) is 0 Å². The summed E-state index contributed by atoms with van der Waals surface area (Å²) in [7, 11) is 0. The van der Waals surface area contributed by atoms with Crippen molar-refractivity contribution in [1.29, 1.82) is 0 Å². The van der Waals surface area contributed by atoms with Crippen molar-refractivity contribution in [3.8, 4) is 0 Å². The van der Waals surface area contributed by atoms with E-state index in [1.807, 2.05) is 12.1 Å². The van der Waals surface area contributed by atoms with E-state index in [4.69, 9.17) is 0 Å². The van der Waals surface area contributed by atoms with Gasteiger partial charge in [-0.2, -0.15) is 0 Å². The van der Waals surface area contributed by atoms with Gasteiger partial charge >= 0.3 is 0 Å². The fourth-order valence-corrected chi connectivity index (χ4v) is 2.98. The van der Waals surface area contributed by atoms with E-state index in [-0.39, 0.29) is 16.8 Å². The molecule has 2 N–H and O–H groups in total. The Morgan fingerprint density at radius 1 is 1.16 bits per heavy atom. The molecule has 4 nitrogen and oxygen atoms in total. The van der Waals surface area contributed by atoms with Crippen molar-refractivity contribution in [3.05, 3.63) is 65.0 Å². The number of hydrogen-bond acceptors (Lipinski definition) is 3. The Labute approximate surface area is 145 Å². The average molecular weight is 341 g/mol. The average Bonchev–Trinajstić information content (AvgIpc) is 2.78. The Kier molecular flexibility index (Phi) is 4.00. The summed E-state index contributed by atoms with van der Waals surface area (Å²) in [5, 5.41) is 13.2. The predicted molar refractivity (Wildman–Crippen MR) is 93.0 cm³/mol. The van der Waals surface area contributed by atoms with Crippen LogP contribution in [0.2, 0.25) is 0 Å². The highest BCUT2D eigenvalue weighted by molar-refractivity contribution is 6.09. The first-order chi connectivity index (χ1) is 11.6. The van der Waals surface area contributed by atoms with Crippen LogP contribution in [0, 0.1) is 5.82 Å². The minimum atomic E-state index is -2.06. The summed E-state index contributed by atoms with van der Waals surface area (Å²) in [6.45, 7) is 6.21. The fraction of sp³-hybridized carbons (Fsp3) is 0.300. The molecule has 130 valence electrons. The Balaban J connectivity index is 1.88. The van der Waals surface area contributed by atoms with Crippen molar-refractivity contribution in [3.63, 3.8) is 0 Å². The van der Waals surface area contributed by atoms with E-state index in [2.05, 4.69) is 26.1 Å². The molecule has 1 aliphatic rings. The Morgan fingerprint density at radius 2 is 1.80 bits per heavy atom. The van der Waals surface area contributed by atoms with Gasteiger partial charge in [-0.3, -0.25) is 9.59 Å². The molecule has 0 saturated heterocycles. The summed E-state index contributed by atoms with van der Waals surface area (Å²) >= 11 is 0. The lowest BCUT2D eigenvalue weighted by Crippen LogP contribution is -2.36. The number of halogens is 1. The lowest BCUT2D eigenvalue weighted by Gasteiger charge is -2.21. The van der Waals surface area contributed by atoms with Gasteiger partial charge in [0.15, 0.2) is 11.4 Å². The minimum absolute atomic E-state index is 0.0401. The highest BCUT2D eigenvalue weighted by Crippen LogP contribution is 2.39. The van der Waals surface area contributed by atoms with Gasteiger partial charge in [-0.05, 0) is 29.2 Å². The van der Waals surface area contributed by atoms with Crippen molar-refractivity contribution >= 4 is 17.4 Å². The molecule has 0 unspecified atom stereocenters. The van der Waals surface area contributed by atoms with Crippen molar-refractivity contribution in [2.24, 2.45) is 0 Å². The van der Waals surface area contributed by atoms with E-state index in [1.54, 1.807) is 12.1 Å². The predicted octanol–water partition coefficient (Wildman–Crippen LogP) is 3.54. The first kappa shape index (κ1) is 17.3. The third kappa shape index (κ3) is 3.07. The summed E-state index contributed by atoms with van der Waals surface area (Å²) in [5.74, 6) is -1.67. The van der Waals surface area contributed by atoms with Crippen molar-refractivity contribution < 1.29 is 19.1 Å². The van der Waals surface area contributed by atoms with Gasteiger partial charge in [-0.1, -0.05) is 45.0 Å². The third-order valence-corrected chi connectivity index (χ3v) is 4.54. The Bertz CT molecular complexity index is 852. The van der Waals surface area contributed by atoms with Gasteiger partial charge in [0.05, 0.1) is 6.42 Å². The maximum absolute atomic E-state index is 13.5. The fourth-order valence-electron chi connectivity index (χ4n) is 2.98. The van der Waals surface area contributed by atoms with Gasteiger partial charge in [-0.25, -0.2) is 4.39 Å². The molecule has 1 amide bonds. The molecule has 1 aliphatic heterocycles. The van der Waals surface area contributed by atoms with Crippen LogP contribution < -0.4 is 5.32 Å². The van der Waals surface area contributed by atoms with E-state index < -0.39 is 23.7 Å². The molecule has 0 aromatic heterocycles. The van der Waals surface area contributed by atoms with Crippen molar-refractivity contribution in [2.45, 2.75) is 38.2 Å². The highest BCUT2D eigenvalue weighted by atomic mass is 19.1. The second-order valence-corrected chi connectivity index (χ2v) is 7.43. The number of Topliss-reactive ketones (excluding diaryl/α,β-unsaturated/α-hetero) is 1. The maximum atomic E-state index is 13.5. The summed E-state index contributed by atoms with van der Waals surface area (Å²) < 4.78 is 13.5. The number of anilines is 1. The zero-order valence-corrected chi connectivity index (χ0v) is 14.4. The molecule has 0 bridgehead atoms. The zero-order valence-electron chi connectivity index (χ0n) is 14.4.